The van der Waals surface area contributed by atoms with Crippen LogP contribution in [0.25, 0.3) is 0 Å². The molecule has 1 rings (SSSR count). The fraction of sp³-hybridized carbons (Fsp3) is 0.500. The lowest BCUT2D eigenvalue weighted by Gasteiger charge is -2.26. The summed E-state index contributed by atoms with van der Waals surface area (Å²) in [6.45, 7) is -2.14. The molecule has 0 amide bonds. The van der Waals surface area contributed by atoms with E-state index in [1.165, 1.54) is 0 Å². The maximum absolute atomic E-state index is 12.1. The molecule has 0 atom stereocenters. The topological polar surface area (TPSA) is 3.24 Å². The van der Waals surface area contributed by atoms with Crippen LogP contribution in [0.5, 0.6) is 0 Å². The van der Waals surface area contributed by atoms with E-state index in [-0.39, 0.29) is 0 Å². The summed E-state index contributed by atoms with van der Waals surface area (Å²) in [5.74, 6) is 0. The molecule has 1 heterocycles. The zero-order valence-electron chi connectivity index (χ0n) is 7.36. The van der Waals surface area contributed by atoms with Crippen LogP contribution in [0.15, 0.2) is 23.9 Å². The Morgan fingerprint density at radius 3 is 2.20 bits per heavy atom. The Kier molecular flexibility index (Phi) is 3.01. The molecule has 0 radical (unpaired) electrons. The summed E-state index contributed by atoms with van der Waals surface area (Å²) in [4.78, 5) is 0.572. The molecular formula is C8H7F6N. The number of halogens is 6. The van der Waals surface area contributed by atoms with Gasteiger partial charge in [0.2, 0.25) is 0 Å². The van der Waals surface area contributed by atoms with Crippen LogP contribution in [0.4, 0.5) is 26.3 Å². The minimum atomic E-state index is -4.57. The van der Waals surface area contributed by atoms with Gasteiger partial charge in [0.1, 0.15) is 6.54 Å². The van der Waals surface area contributed by atoms with Crippen molar-refractivity contribution < 1.29 is 26.3 Å². The molecule has 0 unspecified atom stereocenters. The van der Waals surface area contributed by atoms with Crippen LogP contribution < -0.4 is 0 Å². The van der Waals surface area contributed by atoms with Gasteiger partial charge in [-0.1, -0.05) is 6.08 Å². The number of alkyl halides is 6. The Labute approximate surface area is 81.7 Å². The average molecular weight is 231 g/mol. The first kappa shape index (κ1) is 11.9. The average Bonchev–Trinajstić information content (AvgIpc) is 1.99. The molecule has 7 heteroatoms. The first-order valence-corrected chi connectivity index (χ1v) is 3.94. The van der Waals surface area contributed by atoms with Crippen molar-refractivity contribution >= 4 is 0 Å². The van der Waals surface area contributed by atoms with Crippen molar-refractivity contribution in [3.8, 4) is 0 Å². The van der Waals surface area contributed by atoms with E-state index in [4.69, 9.17) is 0 Å². The summed E-state index contributed by atoms with van der Waals surface area (Å²) in [5.41, 5.74) is -0.978. The van der Waals surface area contributed by atoms with E-state index >= 15 is 0 Å². The zero-order valence-corrected chi connectivity index (χ0v) is 7.36. The fourth-order valence-electron chi connectivity index (χ4n) is 1.13. The molecule has 0 aliphatic carbocycles. The van der Waals surface area contributed by atoms with E-state index in [1.807, 2.05) is 0 Å². The van der Waals surface area contributed by atoms with Gasteiger partial charge in [-0.2, -0.15) is 26.3 Å². The Morgan fingerprint density at radius 2 is 1.73 bits per heavy atom. The largest absolute Gasteiger partial charge is 0.414 e. The van der Waals surface area contributed by atoms with Crippen molar-refractivity contribution in [1.82, 2.24) is 4.90 Å². The molecule has 0 spiro atoms. The van der Waals surface area contributed by atoms with E-state index in [0.29, 0.717) is 4.90 Å². The van der Waals surface area contributed by atoms with Crippen LogP contribution in [0.2, 0.25) is 0 Å². The van der Waals surface area contributed by atoms with Gasteiger partial charge < -0.3 is 4.90 Å². The highest BCUT2D eigenvalue weighted by molar-refractivity contribution is 5.22. The minimum Gasteiger partial charge on any atom is -0.364 e. The minimum absolute atomic E-state index is 0.572. The van der Waals surface area contributed by atoms with Crippen LogP contribution in [-0.4, -0.2) is 30.3 Å². The first-order valence-electron chi connectivity index (χ1n) is 3.94. The van der Waals surface area contributed by atoms with Crippen LogP contribution in [0.3, 0.4) is 0 Å². The highest BCUT2D eigenvalue weighted by Crippen LogP contribution is 2.29. The molecule has 1 nitrogen and oxygen atoms in total. The molecule has 0 aromatic heterocycles. The third kappa shape index (κ3) is 3.85. The monoisotopic (exact) mass is 231 g/mol. The van der Waals surface area contributed by atoms with Gasteiger partial charge in [-0.3, -0.25) is 0 Å². The van der Waals surface area contributed by atoms with E-state index in [2.05, 4.69) is 0 Å². The lowest BCUT2D eigenvalue weighted by molar-refractivity contribution is -0.143. The van der Waals surface area contributed by atoms with Crippen molar-refractivity contribution in [1.29, 1.82) is 0 Å². The Hall–Kier alpha value is -1.14. The Morgan fingerprint density at radius 1 is 1.13 bits per heavy atom. The van der Waals surface area contributed by atoms with Gasteiger partial charge in [-0.25, -0.2) is 0 Å². The Bertz CT molecular complexity index is 284. The van der Waals surface area contributed by atoms with Gasteiger partial charge in [0.25, 0.3) is 0 Å². The quantitative estimate of drug-likeness (QED) is 0.627. The molecule has 15 heavy (non-hydrogen) atoms. The predicted octanol–water partition coefficient (Wildman–Crippen LogP) is 2.87. The SMILES string of the molecule is FC(F)(F)CN1C=CC=C(C(F)(F)F)C1. The maximum atomic E-state index is 12.1. The van der Waals surface area contributed by atoms with Gasteiger partial charge in [-0.15, -0.1) is 0 Å². The predicted molar refractivity (Wildman–Crippen MR) is 40.9 cm³/mol. The maximum Gasteiger partial charge on any atom is 0.414 e. The number of hydrogen-bond acceptors (Lipinski definition) is 1. The van der Waals surface area contributed by atoms with Crippen LogP contribution in [0.1, 0.15) is 0 Å². The van der Waals surface area contributed by atoms with E-state index < -0.39 is 31.0 Å². The van der Waals surface area contributed by atoms with E-state index in [0.717, 1.165) is 18.4 Å². The lowest BCUT2D eigenvalue weighted by Crippen LogP contribution is -2.35. The molecule has 1 aliphatic heterocycles. The van der Waals surface area contributed by atoms with Crippen LogP contribution in [-0.2, 0) is 0 Å². The molecule has 0 aromatic rings. The number of rotatable bonds is 1. The summed E-state index contributed by atoms with van der Waals surface area (Å²) in [7, 11) is 0. The summed E-state index contributed by atoms with van der Waals surface area (Å²) in [5, 5.41) is 0. The van der Waals surface area contributed by atoms with Crippen molar-refractivity contribution in [3.05, 3.63) is 23.9 Å². The highest BCUT2D eigenvalue weighted by atomic mass is 19.4. The van der Waals surface area contributed by atoms with Gasteiger partial charge in [0.05, 0.1) is 5.57 Å². The van der Waals surface area contributed by atoms with Crippen molar-refractivity contribution in [2.75, 3.05) is 13.1 Å². The highest BCUT2D eigenvalue weighted by Gasteiger charge is 2.37. The third-order valence-corrected chi connectivity index (χ3v) is 1.71. The molecule has 0 saturated carbocycles. The standard InChI is InChI=1S/C8H7F6N/c9-7(10,11)5-15-3-1-2-6(4-15)8(12,13)14/h1-3H,4-5H2. The number of allylic oxidation sites excluding steroid dienone is 2. The lowest BCUT2D eigenvalue weighted by atomic mass is 10.2. The van der Waals surface area contributed by atoms with E-state index in [9.17, 15) is 26.3 Å². The number of hydrogen-bond donors (Lipinski definition) is 0. The summed E-state index contributed by atoms with van der Waals surface area (Å²) in [6.07, 6.45) is -6.36. The molecule has 1 aliphatic rings. The summed E-state index contributed by atoms with van der Waals surface area (Å²) >= 11 is 0. The smallest absolute Gasteiger partial charge is 0.364 e. The second-order valence-corrected chi connectivity index (χ2v) is 3.05. The number of nitrogens with zero attached hydrogens (tertiary/aromatic N) is 1. The molecular weight excluding hydrogens is 224 g/mol. The fourth-order valence-corrected chi connectivity index (χ4v) is 1.13. The second kappa shape index (κ2) is 3.79. The normalized spacial score (nSPS) is 18.0. The Balaban J connectivity index is 2.64. The molecule has 0 bridgehead atoms. The second-order valence-electron chi connectivity index (χ2n) is 3.05. The van der Waals surface area contributed by atoms with Crippen LogP contribution in [0, 0.1) is 0 Å². The van der Waals surface area contributed by atoms with Gasteiger partial charge in [-0.05, 0) is 12.3 Å². The van der Waals surface area contributed by atoms with Crippen molar-refractivity contribution in [2.24, 2.45) is 0 Å². The third-order valence-electron chi connectivity index (χ3n) is 1.71. The first-order chi connectivity index (χ1) is 6.68. The molecule has 86 valence electrons. The summed E-state index contributed by atoms with van der Waals surface area (Å²) in [6, 6.07) is 0. The van der Waals surface area contributed by atoms with Crippen molar-refractivity contribution in [3.63, 3.8) is 0 Å². The van der Waals surface area contributed by atoms with Gasteiger partial charge >= 0.3 is 12.4 Å². The van der Waals surface area contributed by atoms with Gasteiger partial charge in [0, 0.05) is 6.54 Å². The molecule has 0 N–H and O–H groups in total. The van der Waals surface area contributed by atoms with Crippen molar-refractivity contribution in [2.45, 2.75) is 12.4 Å². The summed E-state index contributed by atoms with van der Waals surface area (Å²) < 4.78 is 72.1. The molecule has 0 aromatic carbocycles. The molecule has 0 saturated heterocycles. The molecule has 0 fully saturated rings. The van der Waals surface area contributed by atoms with E-state index in [1.54, 1.807) is 0 Å². The van der Waals surface area contributed by atoms with Crippen LogP contribution >= 0.6 is 0 Å². The zero-order chi connectivity index (χ0) is 11.7. The van der Waals surface area contributed by atoms with Gasteiger partial charge in [0.15, 0.2) is 0 Å².